The van der Waals surface area contributed by atoms with E-state index in [-0.39, 0.29) is 11.4 Å². The standard InChI is InChI=1S/C23H28N2O4S/c1-16-8-9-17(2)20(14-16)30(28,29)23(11-3-4-12-23)22(27)25-13-10-18-6-5-7-19(15-18)21(24)26/h5-9,14-15H,3-4,10-13H2,1-2H3,(H2,24,26)(H,25,27). The highest BCUT2D eigenvalue weighted by Gasteiger charge is 2.53. The molecule has 6 nitrogen and oxygen atoms in total. The molecule has 3 N–H and O–H groups in total. The van der Waals surface area contributed by atoms with Crippen LogP contribution in [0.15, 0.2) is 47.4 Å². The molecule has 0 aliphatic heterocycles. The van der Waals surface area contributed by atoms with E-state index < -0.39 is 26.4 Å². The lowest BCUT2D eigenvalue weighted by molar-refractivity contribution is -0.123. The van der Waals surface area contributed by atoms with Gasteiger partial charge < -0.3 is 11.1 Å². The molecule has 30 heavy (non-hydrogen) atoms. The van der Waals surface area contributed by atoms with Crippen molar-refractivity contribution in [3.05, 3.63) is 64.7 Å². The first kappa shape index (κ1) is 22.0. The van der Waals surface area contributed by atoms with Crippen LogP contribution in [0.2, 0.25) is 0 Å². The predicted molar refractivity (Wildman–Crippen MR) is 116 cm³/mol. The van der Waals surface area contributed by atoms with E-state index in [1.807, 2.05) is 19.1 Å². The highest BCUT2D eigenvalue weighted by atomic mass is 32.2. The number of hydrogen-bond acceptors (Lipinski definition) is 4. The van der Waals surface area contributed by atoms with Gasteiger partial charge in [0.05, 0.1) is 4.90 Å². The zero-order valence-corrected chi connectivity index (χ0v) is 18.2. The Labute approximate surface area is 177 Å². The molecule has 2 amide bonds. The summed E-state index contributed by atoms with van der Waals surface area (Å²) in [6.45, 7) is 3.89. The van der Waals surface area contributed by atoms with Crippen LogP contribution >= 0.6 is 0 Å². The van der Waals surface area contributed by atoms with Crippen LogP contribution in [0.3, 0.4) is 0 Å². The van der Waals surface area contributed by atoms with Crippen molar-refractivity contribution in [3.63, 3.8) is 0 Å². The van der Waals surface area contributed by atoms with Crippen LogP contribution in [-0.2, 0) is 21.1 Å². The number of amides is 2. The summed E-state index contributed by atoms with van der Waals surface area (Å²) in [7, 11) is -3.84. The highest BCUT2D eigenvalue weighted by molar-refractivity contribution is 7.93. The molecule has 1 aliphatic rings. The number of hydrogen-bond donors (Lipinski definition) is 2. The summed E-state index contributed by atoms with van der Waals surface area (Å²) >= 11 is 0. The predicted octanol–water partition coefficient (Wildman–Crippen LogP) is 2.85. The lowest BCUT2D eigenvalue weighted by Crippen LogP contribution is -2.51. The summed E-state index contributed by atoms with van der Waals surface area (Å²) in [6.07, 6.45) is 2.54. The topological polar surface area (TPSA) is 106 Å². The number of carbonyl (C=O) groups is 2. The minimum Gasteiger partial charge on any atom is -0.366 e. The van der Waals surface area contributed by atoms with Gasteiger partial charge in [0.2, 0.25) is 11.8 Å². The van der Waals surface area contributed by atoms with Gasteiger partial charge in [0.25, 0.3) is 0 Å². The zero-order chi connectivity index (χ0) is 21.9. The van der Waals surface area contributed by atoms with E-state index in [1.54, 1.807) is 37.3 Å². The van der Waals surface area contributed by atoms with Crippen molar-refractivity contribution >= 4 is 21.7 Å². The third kappa shape index (κ3) is 4.12. The summed E-state index contributed by atoms with van der Waals surface area (Å²) in [5, 5.41) is 2.84. The Hall–Kier alpha value is -2.67. The van der Waals surface area contributed by atoms with Crippen molar-refractivity contribution in [3.8, 4) is 0 Å². The van der Waals surface area contributed by atoms with Crippen molar-refractivity contribution in [1.29, 1.82) is 0 Å². The molecule has 0 saturated heterocycles. The summed E-state index contributed by atoms with van der Waals surface area (Å²) in [5.74, 6) is -0.947. The Kier molecular flexibility index (Phi) is 6.31. The zero-order valence-electron chi connectivity index (χ0n) is 17.4. The molecule has 0 spiro atoms. The fraction of sp³-hybridized carbons (Fsp3) is 0.391. The maximum Gasteiger partial charge on any atom is 0.248 e. The first-order chi connectivity index (χ1) is 14.2. The van der Waals surface area contributed by atoms with Crippen LogP contribution in [0.5, 0.6) is 0 Å². The molecule has 0 unspecified atom stereocenters. The molecular weight excluding hydrogens is 400 g/mol. The number of aryl methyl sites for hydroxylation is 2. The molecule has 160 valence electrons. The number of carbonyl (C=O) groups excluding carboxylic acids is 2. The molecule has 2 aromatic rings. The van der Waals surface area contributed by atoms with Gasteiger partial charge in [-0.1, -0.05) is 37.1 Å². The average Bonchev–Trinajstić information content (AvgIpc) is 3.22. The lowest BCUT2D eigenvalue weighted by atomic mass is 10.1. The number of primary amides is 1. The summed E-state index contributed by atoms with van der Waals surface area (Å²) < 4.78 is 25.8. The largest absolute Gasteiger partial charge is 0.366 e. The van der Waals surface area contributed by atoms with Gasteiger partial charge in [0, 0.05) is 12.1 Å². The molecule has 3 rings (SSSR count). The number of nitrogens with one attached hydrogen (secondary N) is 1. The Morgan fingerprint density at radius 2 is 1.77 bits per heavy atom. The summed E-state index contributed by atoms with van der Waals surface area (Å²) in [4.78, 5) is 24.8. The molecule has 0 aromatic heterocycles. The second-order valence-corrected chi connectivity index (χ2v) is 10.3. The van der Waals surface area contributed by atoms with E-state index in [4.69, 9.17) is 5.73 Å². The molecule has 1 aliphatic carbocycles. The molecule has 0 radical (unpaired) electrons. The van der Waals surface area contributed by atoms with E-state index in [9.17, 15) is 18.0 Å². The van der Waals surface area contributed by atoms with Crippen molar-refractivity contribution in [2.75, 3.05) is 6.54 Å². The van der Waals surface area contributed by atoms with Gasteiger partial charge in [0.1, 0.15) is 0 Å². The van der Waals surface area contributed by atoms with Gasteiger partial charge in [-0.25, -0.2) is 8.42 Å². The molecule has 0 heterocycles. The molecule has 0 atom stereocenters. The number of benzene rings is 2. The molecule has 0 bridgehead atoms. The second kappa shape index (κ2) is 8.60. The fourth-order valence-corrected chi connectivity index (χ4v) is 6.53. The SMILES string of the molecule is Cc1ccc(C)c(S(=O)(=O)C2(C(=O)NCCc3cccc(C(N)=O)c3)CCCC2)c1. The number of nitrogens with two attached hydrogens (primary N) is 1. The maximum absolute atomic E-state index is 13.6. The van der Waals surface area contributed by atoms with Crippen LogP contribution in [0.4, 0.5) is 0 Å². The van der Waals surface area contributed by atoms with E-state index in [0.717, 1.165) is 11.1 Å². The number of rotatable bonds is 7. The Morgan fingerprint density at radius 1 is 1.07 bits per heavy atom. The van der Waals surface area contributed by atoms with E-state index in [1.165, 1.54) is 0 Å². The molecule has 7 heteroatoms. The van der Waals surface area contributed by atoms with Crippen LogP contribution in [0.1, 0.15) is 52.7 Å². The molecule has 1 saturated carbocycles. The third-order valence-corrected chi connectivity index (χ3v) is 8.52. The smallest absolute Gasteiger partial charge is 0.248 e. The van der Waals surface area contributed by atoms with Crippen molar-refractivity contribution in [2.24, 2.45) is 5.73 Å². The summed E-state index contributed by atoms with van der Waals surface area (Å²) in [5.41, 5.74) is 8.07. The first-order valence-corrected chi connectivity index (χ1v) is 11.6. The normalized spacial score (nSPS) is 15.7. The van der Waals surface area contributed by atoms with Crippen LogP contribution in [-0.4, -0.2) is 31.5 Å². The third-order valence-electron chi connectivity index (χ3n) is 5.88. The van der Waals surface area contributed by atoms with Gasteiger partial charge in [-0.15, -0.1) is 0 Å². The van der Waals surface area contributed by atoms with Crippen molar-refractivity contribution in [2.45, 2.75) is 55.6 Å². The quantitative estimate of drug-likeness (QED) is 0.707. The lowest BCUT2D eigenvalue weighted by Gasteiger charge is -2.28. The molecule has 1 fully saturated rings. The first-order valence-electron chi connectivity index (χ1n) is 10.2. The van der Waals surface area contributed by atoms with E-state index >= 15 is 0 Å². The summed E-state index contributed by atoms with van der Waals surface area (Å²) in [6, 6.07) is 12.2. The number of sulfone groups is 1. The van der Waals surface area contributed by atoms with Gasteiger partial charge in [-0.3, -0.25) is 9.59 Å². The van der Waals surface area contributed by atoms with E-state index in [0.29, 0.717) is 43.2 Å². The van der Waals surface area contributed by atoms with E-state index in [2.05, 4.69) is 5.32 Å². The maximum atomic E-state index is 13.6. The van der Waals surface area contributed by atoms with Gasteiger partial charge in [-0.2, -0.15) is 0 Å². The van der Waals surface area contributed by atoms with Crippen molar-refractivity contribution < 1.29 is 18.0 Å². The van der Waals surface area contributed by atoms with Gasteiger partial charge >= 0.3 is 0 Å². The van der Waals surface area contributed by atoms with Gasteiger partial charge in [-0.05, 0) is 68.0 Å². The average molecular weight is 429 g/mol. The minimum atomic E-state index is -3.84. The van der Waals surface area contributed by atoms with Crippen LogP contribution in [0, 0.1) is 13.8 Å². The van der Waals surface area contributed by atoms with Gasteiger partial charge in [0.15, 0.2) is 14.6 Å². The Balaban J connectivity index is 1.80. The van der Waals surface area contributed by atoms with Crippen LogP contribution < -0.4 is 11.1 Å². The van der Waals surface area contributed by atoms with Crippen molar-refractivity contribution in [1.82, 2.24) is 5.32 Å². The monoisotopic (exact) mass is 428 g/mol. The Bertz CT molecular complexity index is 1070. The minimum absolute atomic E-state index is 0.244. The molecule has 2 aromatic carbocycles. The second-order valence-electron chi connectivity index (χ2n) is 8.04. The fourth-order valence-electron chi connectivity index (χ4n) is 4.13. The highest BCUT2D eigenvalue weighted by Crippen LogP contribution is 2.41. The van der Waals surface area contributed by atoms with Crippen LogP contribution in [0.25, 0.3) is 0 Å². The molecular formula is C23H28N2O4S. The Morgan fingerprint density at radius 3 is 2.43 bits per heavy atom.